The van der Waals surface area contributed by atoms with E-state index in [4.69, 9.17) is 14.2 Å². The molecule has 1 aliphatic rings. The molecule has 0 aliphatic heterocycles. The van der Waals surface area contributed by atoms with Crippen LogP contribution in [0.4, 0.5) is 5.69 Å². The van der Waals surface area contributed by atoms with Crippen LogP contribution in [0.15, 0.2) is 60.3 Å². The van der Waals surface area contributed by atoms with Crippen LogP contribution in [0.25, 0.3) is 0 Å². The van der Waals surface area contributed by atoms with Crippen LogP contribution in [-0.2, 0) is 14.3 Å². The molecule has 28 heavy (non-hydrogen) atoms. The molecule has 1 N–H and O–H groups in total. The zero-order chi connectivity index (χ0) is 20.1. The third-order valence-electron chi connectivity index (χ3n) is 4.85. The Hall–Kier alpha value is -3.28. The van der Waals surface area contributed by atoms with Crippen LogP contribution in [0.5, 0.6) is 11.5 Å². The Balaban J connectivity index is 1.95. The fourth-order valence-corrected chi connectivity index (χ4v) is 3.46. The van der Waals surface area contributed by atoms with Gasteiger partial charge in [0.2, 0.25) is 0 Å². The molecule has 6 heteroatoms. The van der Waals surface area contributed by atoms with Gasteiger partial charge in [-0.25, -0.2) is 0 Å². The van der Waals surface area contributed by atoms with Crippen molar-refractivity contribution < 1.29 is 23.8 Å². The number of rotatable bonds is 6. The maximum absolute atomic E-state index is 12.8. The van der Waals surface area contributed by atoms with Gasteiger partial charge in [0.15, 0.2) is 5.78 Å². The Morgan fingerprint density at radius 1 is 1.04 bits per heavy atom. The average Bonchev–Trinajstić information content (AvgIpc) is 2.73. The van der Waals surface area contributed by atoms with Gasteiger partial charge in [0.05, 0.1) is 27.0 Å². The second-order valence-corrected chi connectivity index (χ2v) is 6.49. The van der Waals surface area contributed by atoms with Gasteiger partial charge in [0, 0.05) is 23.8 Å². The van der Waals surface area contributed by atoms with Crippen molar-refractivity contribution in [3.8, 4) is 11.5 Å². The van der Waals surface area contributed by atoms with Gasteiger partial charge in [0.25, 0.3) is 0 Å². The lowest BCUT2D eigenvalue weighted by Gasteiger charge is -2.29. The summed E-state index contributed by atoms with van der Waals surface area (Å²) in [6.45, 7) is 0. The summed E-state index contributed by atoms with van der Waals surface area (Å²) < 4.78 is 15.6. The van der Waals surface area contributed by atoms with Crippen molar-refractivity contribution in [1.29, 1.82) is 0 Å². The highest BCUT2D eigenvalue weighted by atomic mass is 16.5. The number of ketones is 1. The number of anilines is 1. The first kappa shape index (κ1) is 19.5. The van der Waals surface area contributed by atoms with Gasteiger partial charge < -0.3 is 19.5 Å². The van der Waals surface area contributed by atoms with Gasteiger partial charge in [-0.1, -0.05) is 30.3 Å². The lowest BCUT2D eigenvalue weighted by Crippen LogP contribution is -2.34. The molecule has 0 saturated heterocycles. The first-order valence-corrected chi connectivity index (χ1v) is 8.93. The summed E-state index contributed by atoms with van der Waals surface area (Å²) in [6, 6.07) is 14.9. The number of hydrogen-bond donors (Lipinski definition) is 1. The Bertz CT molecular complexity index is 891. The van der Waals surface area contributed by atoms with E-state index in [0.717, 1.165) is 5.56 Å². The van der Waals surface area contributed by atoms with E-state index in [-0.39, 0.29) is 11.7 Å². The number of methoxy groups -OCH3 is 3. The summed E-state index contributed by atoms with van der Waals surface area (Å²) in [6.07, 6.45) is 1.95. The minimum Gasteiger partial charge on any atom is -0.497 e. The molecule has 0 bridgehead atoms. The molecule has 0 heterocycles. The number of nitrogens with one attached hydrogen (secondary N) is 1. The number of allylic oxidation sites excluding steroid dienone is 2. The molecular weight excluding hydrogens is 358 g/mol. The first-order valence-electron chi connectivity index (χ1n) is 8.93. The van der Waals surface area contributed by atoms with Gasteiger partial charge in [-0.2, -0.15) is 0 Å². The highest BCUT2D eigenvalue weighted by molar-refractivity contribution is 6.07. The monoisotopic (exact) mass is 381 g/mol. The van der Waals surface area contributed by atoms with Crippen molar-refractivity contribution in [3.05, 3.63) is 65.9 Å². The molecule has 1 aliphatic carbocycles. The Morgan fingerprint density at radius 3 is 2.43 bits per heavy atom. The van der Waals surface area contributed by atoms with E-state index in [0.29, 0.717) is 29.3 Å². The summed E-state index contributed by atoms with van der Waals surface area (Å²) in [7, 11) is 4.46. The lowest BCUT2D eigenvalue weighted by atomic mass is 9.76. The van der Waals surface area contributed by atoms with E-state index in [1.165, 1.54) is 13.2 Å². The molecule has 2 aromatic carbocycles. The minimum atomic E-state index is -0.856. The summed E-state index contributed by atoms with van der Waals surface area (Å²) in [5, 5.41) is 3.27. The topological polar surface area (TPSA) is 73.9 Å². The standard InChI is InChI=1S/C22H23NO5/c1-26-16-9-10-20(27-2)18(13-16)23-15-11-17(14-7-5-4-6-8-14)21(19(24)12-15)22(25)28-3/h4-10,12-13,17,21,23H,11H2,1-3H3/t17-,21-/m1/s1. The normalized spacial score (nSPS) is 18.8. The largest absolute Gasteiger partial charge is 0.497 e. The molecule has 0 amide bonds. The van der Waals surface area contributed by atoms with Crippen molar-refractivity contribution >= 4 is 17.4 Å². The first-order chi connectivity index (χ1) is 13.6. The molecule has 146 valence electrons. The van der Waals surface area contributed by atoms with Crippen molar-refractivity contribution in [2.45, 2.75) is 12.3 Å². The fourth-order valence-electron chi connectivity index (χ4n) is 3.46. The molecule has 3 rings (SSSR count). The average molecular weight is 381 g/mol. The third kappa shape index (κ3) is 4.01. The van der Waals surface area contributed by atoms with Crippen LogP contribution in [0.2, 0.25) is 0 Å². The van der Waals surface area contributed by atoms with E-state index in [1.54, 1.807) is 32.4 Å². The number of carbonyl (C=O) groups excluding carboxylic acids is 2. The van der Waals surface area contributed by atoms with Crippen LogP contribution >= 0.6 is 0 Å². The number of benzene rings is 2. The zero-order valence-electron chi connectivity index (χ0n) is 16.1. The van der Waals surface area contributed by atoms with Gasteiger partial charge >= 0.3 is 5.97 Å². The van der Waals surface area contributed by atoms with Crippen molar-refractivity contribution in [1.82, 2.24) is 0 Å². The molecule has 0 unspecified atom stereocenters. The summed E-state index contributed by atoms with van der Waals surface area (Å²) in [5.74, 6) is -0.682. The Morgan fingerprint density at radius 2 is 1.79 bits per heavy atom. The van der Waals surface area contributed by atoms with Crippen molar-refractivity contribution in [2.24, 2.45) is 5.92 Å². The molecule has 6 nitrogen and oxygen atoms in total. The predicted molar refractivity (Wildman–Crippen MR) is 106 cm³/mol. The maximum atomic E-state index is 12.8. The van der Waals surface area contributed by atoms with Gasteiger partial charge in [-0.05, 0) is 24.1 Å². The highest BCUT2D eigenvalue weighted by Crippen LogP contribution is 2.38. The molecule has 0 radical (unpaired) electrons. The van der Waals surface area contributed by atoms with Crippen LogP contribution < -0.4 is 14.8 Å². The minimum absolute atomic E-state index is 0.281. The van der Waals surface area contributed by atoms with Crippen LogP contribution in [0, 0.1) is 5.92 Å². The molecule has 0 spiro atoms. The second-order valence-electron chi connectivity index (χ2n) is 6.49. The molecule has 2 atom stereocenters. The summed E-state index contributed by atoms with van der Waals surface area (Å²) in [4.78, 5) is 25.1. The van der Waals surface area contributed by atoms with Crippen LogP contribution in [-0.4, -0.2) is 33.1 Å². The van der Waals surface area contributed by atoms with E-state index in [1.807, 2.05) is 30.3 Å². The second kappa shape index (κ2) is 8.61. The number of hydrogen-bond acceptors (Lipinski definition) is 6. The smallest absolute Gasteiger partial charge is 0.317 e. The van der Waals surface area contributed by atoms with E-state index < -0.39 is 11.9 Å². The molecule has 2 aromatic rings. The van der Waals surface area contributed by atoms with Gasteiger partial charge in [-0.15, -0.1) is 0 Å². The van der Waals surface area contributed by atoms with Crippen molar-refractivity contribution in [3.63, 3.8) is 0 Å². The van der Waals surface area contributed by atoms with E-state index in [2.05, 4.69) is 5.32 Å². The van der Waals surface area contributed by atoms with Crippen LogP contribution in [0.1, 0.15) is 17.9 Å². The molecule has 0 fully saturated rings. The third-order valence-corrected chi connectivity index (χ3v) is 4.85. The van der Waals surface area contributed by atoms with E-state index in [9.17, 15) is 9.59 Å². The zero-order valence-corrected chi connectivity index (χ0v) is 16.1. The molecule has 0 saturated carbocycles. The van der Waals surface area contributed by atoms with Gasteiger partial charge in [0.1, 0.15) is 17.4 Å². The van der Waals surface area contributed by atoms with E-state index >= 15 is 0 Å². The maximum Gasteiger partial charge on any atom is 0.317 e. The molecular formula is C22H23NO5. The Kier molecular flexibility index (Phi) is 5.99. The highest BCUT2D eigenvalue weighted by Gasteiger charge is 2.39. The lowest BCUT2D eigenvalue weighted by molar-refractivity contribution is -0.149. The summed E-state index contributed by atoms with van der Waals surface area (Å²) >= 11 is 0. The summed E-state index contributed by atoms with van der Waals surface area (Å²) in [5.41, 5.74) is 2.30. The SMILES string of the molecule is COC(=O)[C@H]1C(=O)C=C(Nc2cc(OC)ccc2OC)C[C@@H]1c1ccccc1. The van der Waals surface area contributed by atoms with Crippen LogP contribution in [0.3, 0.4) is 0 Å². The predicted octanol–water partition coefficient (Wildman–Crippen LogP) is 3.55. The Labute approximate surface area is 164 Å². The number of esters is 1. The van der Waals surface area contributed by atoms with Gasteiger partial charge in [-0.3, -0.25) is 9.59 Å². The number of carbonyl (C=O) groups is 2. The van der Waals surface area contributed by atoms with Crippen molar-refractivity contribution in [2.75, 3.05) is 26.6 Å². The quantitative estimate of drug-likeness (QED) is 0.609. The fraction of sp³-hybridized carbons (Fsp3) is 0.273. The molecule has 0 aromatic heterocycles. The number of ether oxygens (including phenoxy) is 3.